The highest BCUT2D eigenvalue weighted by Crippen LogP contribution is 2.25. The van der Waals surface area contributed by atoms with Gasteiger partial charge in [0.25, 0.3) is 0 Å². The van der Waals surface area contributed by atoms with Crippen molar-refractivity contribution < 1.29 is 22.0 Å². The smallest absolute Gasteiger partial charge is 0.243 e. The van der Waals surface area contributed by atoms with Gasteiger partial charge in [0.15, 0.2) is 0 Å². The minimum Gasteiger partial charge on any atom is -0.325 e. The highest BCUT2D eigenvalue weighted by atomic mass is 32.2. The molecule has 0 aliphatic carbocycles. The summed E-state index contributed by atoms with van der Waals surface area (Å²) in [6, 6.07) is 9.05. The summed E-state index contributed by atoms with van der Waals surface area (Å²) in [5.41, 5.74) is 0.334. The quantitative estimate of drug-likeness (QED) is 0.738. The Balaban J connectivity index is 1.65. The zero-order valence-corrected chi connectivity index (χ0v) is 16.0. The largest absolute Gasteiger partial charge is 0.325 e. The molecular formula is C18H18F2N2O3S2. The first kappa shape index (κ1) is 19.8. The highest BCUT2D eigenvalue weighted by molar-refractivity contribution is 8.00. The van der Waals surface area contributed by atoms with E-state index in [1.54, 1.807) is 12.1 Å². The van der Waals surface area contributed by atoms with Crippen LogP contribution in [0, 0.1) is 11.6 Å². The molecule has 5 nitrogen and oxygen atoms in total. The van der Waals surface area contributed by atoms with Crippen molar-refractivity contribution >= 4 is 33.4 Å². The number of sulfonamides is 1. The lowest BCUT2D eigenvalue weighted by Gasteiger charge is -2.16. The summed E-state index contributed by atoms with van der Waals surface area (Å²) in [4.78, 5) is 12.2. The number of carbonyl (C=O) groups excluding carboxylic acids is 1. The van der Waals surface area contributed by atoms with E-state index in [0.717, 1.165) is 42.8 Å². The summed E-state index contributed by atoms with van der Waals surface area (Å²) < 4.78 is 53.3. The van der Waals surface area contributed by atoms with Gasteiger partial charge in [-0.1, -0.05) is 6.07 Å². The molecule has 1 heterocycles. The highest BCUT2D eigenvalue weighted by Gasteiger charge is 2.27. The van der Waals surface area contributed by atoms with E-state index in [-0.39, 0.29) is 15.5 Å². The number of anilines is 1. The number of thioether (sulfide) groups is 1. The molecule has 1 aliphatic rings. The number of benzene rings is 2. The van der Waals surface area contributed by atoms with Gasteiger partial charge >= 0.3 is 0 Å². The molecule has 0 radical (unpaired) electrons. The Morgan fingerprint density at radius 3 is 2.59 bits per heavy atom. The van der Waals surface area contributed by atoms with Crippen LogP contribution in [-0.2, 0) is 14.8 Å². The Kier molecular flexibility index (Phi) is 6.13. The van der Waals surface area contributed by atoms with E-state index in [4.69, 9.17) is 0 Å². The molecule has 3 rings (SSSR count). The monoisotopic (exact) mass is 412 g/mol. The lowest BCUT2D eigenvalue weighted by molar-refractivity contribution is -0.113. The summed E-state index contributed by atoms with van der Waals surface area (Å²) in [5.74, 6) is -1.77. The normalized spacial score (nSPS) is 15.0. The summed E-state index contributed by atoms with van der Waals surface area (Å²) in [5, 5.41) is 2.59. The third kappa shape index (κ3) is 4.85. The minimum absolute atomic E-state index is 0.0375. The van der Waals surface area contributed by atoms with Gasteiger partial charge in [-0.2, -0.15) is 4.31 Å². The molecule has 144 valence electrons. The first-order valence-electron chi connectivity index (χ1n) is 8.34. The van der Waals surface area contributed by atoms with Crippen LogP contribution in [0.5, 0.6) is 0 Å². The predicted octanol–water partition coefficient (Wildman–Crippen LogP) is 3.48. The number of amides is 1. The van der Waals surface area contributed by atoms with Crippen molar-refractivity contribution in [3.05, 3.63) is 54.1 Å². The lowest BCUT2D eigenvalue weighted by Crippen LogP contribution is -2.28. The fraction of sp³-hybridized carbons (Fsp3) is 0.278. The van der Waals surface area contributed by atoms with Gasteiger partial charge in [-0.15, -0.1) is 11.8 Å². The van der Waals surface area contributed by atoms with Crippen LogP contribution in [0.1, 0.15) is 12.8 Å². The molecule has 1 N–H and O–H groups in total. The summed E-state index contributed by atoms with van der Waals surface area (Å²) in [6.07, 6.45) is 1.67. The second kappa shape index (κ2) is 8.37. The Hall–Kier alpha value is -1.97. The van der Waals surface area contributed by atoms with E-state index < -0.39 is 27.6 Å². The van der Waals surface area contributed by atoms with Crippen LogP contribution in [0.3, 0.4) is 0 Å². The Morgan fingerprint density at radius 1 is 1.11 bits per heavy atom. The van der Waals surface area contributed by atoms with Gasteiger partial charge in [0.1, 0.15) is 11.6 Å². The van der Waals surface area contributed by atoms with Crippen molar-refractivity contribution in [2.75, 3.05) is 24.2 Å². The topological polar surface area (TPSA) is 66.5 Å². The first-order chi connectivity index (χ1) is 12.9. The average molecular weight is 412 g/mol. The number of hydrogen-bond donors (Lipinski definition) is 1. The summed E-state index contributed by atoms with van der Waals surface area (Å²) in [7, 11) is -3.58. The summed E-state index contributed by atoms with van der Waals surface area (Å²) in [6.45, 7) is 0.990. The maximum Gasteiger partial charge on any atom is 0.243 e. The predicted molar refractivity (Wildman–Crippen MR) is 100 cm³/mol. The van der Waals surface area contributed by atoms with Gasteiger partial charge in [0, 0.05) is 23.7 Å². The van der Waals surface area contributed by atoms with E-state index in [1.807, 2.05) is 0 Å². The second-order valence-corrected chi connectivity index (χ2v) is 9.01. The molecule has 0 saturated carbocycles. The first-order valence-corrected chi connectivity index (χ1v) is 10.8. The van der Waals surface area contributed by atoms with Crippen LogP contribution < -0.4 is 5.32 Å². The number of rotatable bonds is 6. The molecule has 2 aromatic rings. The molecule has 2 aromatic carbocycles. The molecule has 9 heteroatoms. The van der Waals surface area contributed by atoms with Crippen molar-refractivity contribution in [2.24, 2.45) is 0 Å². The molecule has 0 unspecified atom stereocenters. The maximum atomic E-state index is 13.6. The fourth-order valence-electron chi connectivity index (χ4n) is 2.74. The molecule has 0 bridgehead atoms. The molecule has 27 heavy (non-hydrogen) atoms. The van der Waals surface area contributed by atoms with E-state index >= 15 is 0 Å². The molecule has 0 spiro atoms. The van der Waals surface area contributed by atoms with Crippen molar-refractivity contribution in [3.8, 4) is 0 Å². The van der Waals surface area contributed by atoms with Crippen LogP contribution in [0.25, 0.3) is 0 Å². The maximum absolute atomic E-state index is 13.6. The second-order valence-electron chi connectivity index (χ2n) is 6.05. The third-order valence-corrected chi connectivity index (χ3v) is 7.00. The number of hydrogen-bond acceptors (Lipinski definition) is 4. The molecule has 0 atom stereocenters. The minimum atomic E-state index is -3.58. The van der Waals surface area contributed by atoms with Gasteiger partial charge in [0.05, 0.1) is 10.6 Å². The molecule has 1 fully saturated rings. The molecule has 0 aromatic heterocycles. The number of nitrogens with one attached hydrogen (secondary N) is 1. The molecule has 1 aliphatic heterocycles. The van der Waals surface area contributed by atoms with Crippen molar-refractivity contribution in [1.29, 1.82) is 0 Å². The Labute approximate surface area is 160 Å². The van der Waals surface area contributed by atoms with Gasteiger partial charge in [0.2, 0.25) is 15.9 Å². The van der Waals surface area contributed by atoms with Crippen LogP contribution >= 0.6 is 11.8 Å². The van der Waals surface area contributed by atoms with Gasteiger partial charge < -0.3 is 5.32 Å². The van der Waals surface area contributed by atoms with Crippen molar-refractivity contribution in [1.82, 2.24) is 4.31 Å². The van der Waals surface area contributed by atoms with Crippen LogP contribution in [0.2, 0.25) is 0 Å². The van der Waals surface area contributed by atoms with Crippen molar-refractivity contribution in [2.45, 2.75) is 22.6 Å². The number of nitrogens with zero attached hydrogens (tertiary/aromatic N) is 1. The van der Waals surface area contributed by atoms with E-state index in [0.29, 0.717) is 18.8 Å². The standard InChI is InChI=1S/C18H18F2N2O3S2/c19-13-6-7-16(20)17(10-13)26-12-18(23)21-14-4-3-5-15(11-14)27(24,25)22-8-1-2-9-22/h3-7,10-11H,1-2,8-9,12H2,(H,21,23). The fourth-order valence-corrected chi connectivity index (χ4v) is 5.06. The van der Waals surface area contributed by atoms with Crippen LogP contribution in [-0.4, -0.2) is 37.5 Å². The van der Waals surface area contributed by atoms with E-state index in [9.17, 15) is 22.0 Å². The number of halogens is 2. The molecule has 1 amide bonds. The lowest BCUT2D eigenvalue weighted by atomic mass is 10.3. The van der Waals surface area contributed by atoms with E-state index in [2.05, 4.69) is 5.32 Å². The van der Waals surface area contributed by atoms with Gasteiger partial charge in [-0.3, -0.25) is 4.79 Å². The number of carbonyl (C=O) groups is 1. The molecular weight excluding hydrogens is 394 g/mol. The van der Waals surface area contributed by atoms with E-state index in [1.165, 1.54) is 16.4 Å². The zero-order chi connectivity index (χ0) is 19.4. The zero-order valence-electron chi connectivity index (χ0n) is 14.3. The van der Waals surface area contributed by atoms with Crippen molar-refractivity contribution in [3.63, 3.8) is 0 Å². The molecule has 1 saturated heterocycles. The third-order valence-electron chi connectivity index (χ3n) is 4.07. The van der Waals surface area contributed by atoms with Crippen LogP contribution in [0.15, 0.2) is 52.3 Å². The Bertz CT molecular complexity index is 945. The SMILES string of the molecule is O=C(CSc1cc(F)ccc1F)Nc1cccc(S(=O)(=O)N2CCCC2)c1. The Morgan fingerprint density at radius 2 is 1.85 bits per heavy atom. The average Bonchev–Trinajstić information content (AvgIpc) is 3.18. The van der Waals surface area contributed by atoms with Gasteiger partial charge in [-0.25, -0.2) is 17.2 Å². The van der Waals surface area contributed by atoms with Crippen LogP contribution in [0.4, 0.5) is 14.5 Å². The summed E-state index contributed by atoms with van der Waals surface area (Å²) >= 11 is 0.865. The van der Waals surface area contributed by atoms with Gasteiger partial charge in [-0.05, 0) is 49.2 Å².